The lowest BCUT2D eigenvalue weighted by molar-refractivity contribution is 0.648. The number of para-hydroxylation sites is 4. The summed E-state index contributed by atoms with van der Waals surface area (Å²) in [5.74, 6) is 1.85. The standard InChI is InChI=1S/C81H55N7/c1-5-21-52(22-6-1)79-82-80(53-23-7-2-8-24-53)84-81(83-79)58-41-46-76(78(51-58)87-71-35-19-13-29-61(71)62-30-14-20-36-72(62)87)88-75-45-40-55(54-38-43-73-66(47-54)63-31-15-17-33-69(63)85(73)59-25-9-3-10-26-59)48-68(75)65-42-37-57(50-77(65)88)56-39-44-74-67(49-56)64-32-16-18-34-70(64)86(74)60-27-11-4-12-28-60/h1-13,15-25,27-29,31-51,59H,14,26,30H2. The molecule has 0 aliphatic heterocycles. The van der Waals surface area contributed by atoms with Gasteiger partial charge < -0.3 is 18.3 Å². The molecular weight excluding hydrogens is 1070 g/mol. The molecular formula is C81H55N7. The van der Waals surface area contributed by atoms with Crippen molar-refractivity contribution >= 4 is 82.4 Å². The zero-order valence-electron chi connectivity index (χ0n) is 48.0. The average Bonchev–Trinajstić information content (AvgIpc) is 4.36. The van der Waals surface area contributed by atoms with E-state index in [9.17, 15) is 0 Å². The van der Waals surface area contributed by atoms with E-state index in [0.717, 1.165) is 80.7 Å². The summed E-state index contributed by atoms with van der Waals surface area (Å²) < 4.78 is 9.93. The molecule has 16 aromatic rings. The van der Waals surface area contributed by atoms with E-state index in [1.165, 1.54) is 82.2 Å². The first-order valence-corrected chi connectivity index (χ1v) is 30.5. The van der Waals surface area contributed by atoms with Crippen LogP contribution >= 0.6 is 0 Å². The van der Waals surface area contributed by atoms with E-state index in [0.29, 0.717) is 17.5 Å². The van der Waals surface area contributed by atoms with E-state index in [1.807, 2.05) is 36.4 Å². The Hall–Kier alpha value is -11.4. The Kier molecular flexibility index (Phi) is 11.4. The summed E-state index contributed by atoms with van der Waals surface area (Å²) in [7, 11) is 0. The van der Waals surface area contributed by atoms with Gasteiger partial charge in [-0.05, 0) is 144 Å². The van der Waals surface area contributed by atoms with Gasteiger partial charge >= 0.3 is 0 Å². The highest BCUT2D eigenvalue weighted by atomic mass is 15.1. The Morgan fingerprint density at radius 3 is 1.47 bits per heavy atom. The molecule has 0 bridgehead atoms. The molecule has 1 unspecified atom stereocenters. The van der Waals surface area contributed by atoms with Gasteiger partial charge in [0, 0.05) is 76.8 Å². The molecule has 0 saturated heterocycles. The molecule has 0 spiro atoms. The van der Waals surface area contributed by atoms with Crippen molar-refractivity contribution in [3.8, 4) is 73.5 Å². The molecule has 0 amide bonds. The summed E-state index contributed by atoms with van der Waals surface area (Å²) in [5.41, 5.74) is 21.4. The Balaban J connectivity index is 0.891. The molecule has 7 nitrogen and oxygen atoms in total. The summed E-state index contributed by atoms with van der Waals surface area (Å²) in [4.78, 5) is 15.7. The van der Waals surface area contributed by atoms with Crippen LogP contribution in [0.15, 0.2) is 285 Å². The molecule has 0 saturated carbocycles. The lowest BCUT2D eigenvalue weighted by atomic mass is 9.99. The van der Waals surface area contributed by atoms with Crippen molar-refractivity contribution in [2.45, 2.75) is 25.3 Å². The molecule has 2 aliphatic carbocycles. The number of aryl methyl sites for hydroxylation is 1. The van der Waals surface area contributed by atoms with E-state index in [4.69, 9.17) is 15.0 Å². The highest BCUT2D eigenvalue weighted by Gasteiger charge is 2.26. The predicted molar refractivity (Wildman–Crippen MR) is 365 cm³/mol. The van der Waals surface area contributed by atoms with Crippen molar-refractivity contribution in [1.82, 2.24) is 33.2 Å². The molecule has 414 valence electrons. The topological polar surface area (TPSA) is 58.4 Å². The third kappa shape index (κ3) is 7.94. The molecule has 2 aliphatic rings. The molecule has 5 aromatic heterocycles. The third-order valence-electron chi connectivity index (χ3n) is 18.4. The fourth-order valence-electron chi connectivity index (χ4n) is 14.4. The fourth-order valence-corrected chi connectivity index (χ4v) is 14.4. The molecule has 0 N–H and O–H groups in total. The van der Waals surface area contributed by atoms with Crippen molar-refractivity contribution in [2.24, 2.45) is 0 Å². The second-order valence-corrected chi connectivity index (χ2v) is 23.4. The molecule has 7 heteroatoms. The second kappa shape index (κ2) is 20.1. The van der Waals surface area contributed by atoms with Crippen molar-refractivity contribution in [2.75, 3.05) is 0 Å². The van der Waals surface area contributed by atoms with Crippen LogP contribution in [0, 0.1) is 0 Å². The Morgan fingerprint density at radius 1 is 0.318 bits per heavy atom. The van der Waals surface area contributed by atoms with Crippen LogP contribution in [-0.2, 0) is 6.42 Å². The van der Waals surface area contributed by atoms with Gasteiger partial charge in [-0.25, -0.2) is 15.0 Å². The Labute approximate surface area is 508 Å². The average molecular weight is 1130 g/mol. The summed E-state index contributed by atoms with van der Waals surface area (Å²) >= 11 is 0. The molecule has 18 rings (SSSR count). The zero-order chi connectivity index (χ0) is 57.8. The predicted octanol–water partition coefficient (Wildman–Crippen LogP) is 20.5. The number of hydrogen-bond donors (Lipinski definition) is 0. The molecule has 11 aromatic carbocycles. The van der Waals surface area contributed by atoms with Crippen LogP contribution in [0.2, 0.25) is 0 Å². The minimum Gasteiger partial charge on any atom is -0.333 e. The molecule has 0 fully saturated rings. The monoisotopic (exact) mass is 1130 g/mol. The molecule has 1 atom stereocenters. The quantitative estimate of drug-likeness (QED) is 0.145. The van der Waals surface area contributed by atoms with Crippen molar-refractivity contribution in [3.63, 3.8) is 0 Å². The maximum atomic E-state index is 5.31. The van der Waals surface area contributed by atoms with Gasteiger partial charge in [0.1, 0.15) is 0 Å². The van der Waals surface area contributed by atoms with Crippen LogP contribution in [0.3, 0.4) is 0 Å². The summed E-state index contributed by atoms with van der Waals surface area (Å²) in [6.07, 6.45) is 16.5. The van der Waals surface area contributed by atoms with Gasteiger partial charge in [-0.2, -0.15) is 0 Å². The van der Waals surface area contributed by atoms with E-state index >= 15 is 0 Å². The van der Waals surface area contributed by atoms with Gasteiger partial charge in [-0.3, -0.25) is 0 Å². The van der Waals surface area contributed by atoms with Crippen LogP contribution in [0.25, 0.3) is 156 Å². The summed E-state index contributed by atoms with van der Waals surface area (Å²) in [6.45, 7) is 0. The number of fused-ring (bicyclic) bond motifs is 12. The maximum absolute atomic E-state index is 5.31. The number of rotatable bonds is 9. The fraction of sp³-hybridized carbons (Fsp3) is 0.0494. The zero-order valence-corrected chi connectivity index (χ0v) is 48.0. The van der Waals surface area contributed by atoms with E-state index in [2.05, 4.69) is 273 Å². The van der Waals surface area contributed by atoms with Gasteiger partial charge in [-0.1, -0.05) is 194 Å². The number of aromatic nitrogens is 7. The van der Waals surface area contributed by atoms with Crippen LogP contribution in [-0.4, -0.2) is 33.2 Å². The van der Waals surface area contributed by atoms with Gasteiger partial charge in [0.2, 0.25) is 0 Å². The summed E-state index contributed by atoms with van der Waals surface area (Å²) in [5, 5.41) is 8.58. The van der Waals surface area contributed by atoms with Crippen LogP contribution in [0.5, 0.6) is 0 Å². The minimum atomic E-state index is 0.253. The number of nitrogens with zero attached hydrogens (tertiary/aromatic N) is 7. The van der Waals surface area contributed by atoms with Crippen LogP contribution in [0.1, 0.15) is 30.1 Å². The lowest BCUT2D eigenvalue weighted by Crippen LogP contribution is -2.07. The Bertz CT molecular complexity index is 5540. The smallest absolute Gasteiger partial charge is 0.164 e. The highest BCUT2D eigenvalue weighted by molar-refractivity contribution is 6.14. The molecule has 5 heterocycles. The van der Waals surface area contributed by atoms with E-state index in [1.54, 1.807) is 0 Å². The second-order valence-electron chi connectivity index (χ2n) is 23.4. The van der Waals surface area contributed by atoms with Gasteiger partial charge in [0.15, 0.2) is 17.5 Å². The van der Waals surface area contributed by atoms with Crippen LogP contribution < -0.4 is 0 Å². The highest BCUT2D eigenvalue weighted by Crippen LogP contribution is 2.45. The molecule has 0 radical (unpaired) electrons. The van der Waals surface area contributed by atoms with Crippen LogP contribution in [0.4, 0.5) is 0 Å². The Morgan fingerprint density at radius 2 is 0.807 bits per heavy atom. The summed E-state index contributed by atoms with van der Waals surface area (Å²) in [6, 6.07) is 93.2. The van der Waals surface area contributed by atoms with E-state index < -0.39 is 0 Å². The number of benzene rings is 11. The number of allylic oxidation sites excluding steroid dienone is 5. The van der Waals surface area contributed by atoms with Gasteiger partial charge in [0.05, 0.1) is 45.0 Å². The SMILES string of the molecule is C1=CCC(n2c3ccccc3c3cc(-c4ccc5c(c4)c4ccc(-c6ccc7c(c6)c6ccccc6n7-c6ccccc6)cc4n5-c4ccc(-c5nc(-c6ccccc6)nc(-c6ccccc6)n5)cc4-n4c5c(c6ccccc64)CCC=C5)ccc32)C=C1. The van der Waals surface area contributed by atoms with Gasteiger partial charge in [0.25, 0.3) is 0 Å². The maximum Gasteiger partial charge on any atom is 0.164 e. The minimum absolute atomic E-state index is 0.253. The van der Waals surface area contributed by atoms with Crippen molar-refractivity contribution in [1.29, 1.82) is 0 Å². The van der Waals surface area contributed by atoms with Crippen molar-refractivity contribution in [3.05, 3.63) is 296 Å². The first-order chi connectivity index (χ1) is 43.6. The van der Waals surface area contributed by atoms with Crippen molar-refractivity contribution < 1.29 is 0 Å². The first kappa shape index (κ1) is 50.0. The largest absolute Gasteiger partial charge is 0.333 e. The number of hydrogen-bond acceptors (Lipinski definition) is 3. The molecule has 88 heavy (non-hydrogen) atoms. The third-order valence-corrected chi connectivity index (χ3v) is 18.4. The normalized spacial score (nSPS) is 14.0. The van der Waals surface area contributed by atoms with Gasteiger partial charge in [-0.15, -0.1) is 0 Å². The first-order valence-electron chi connectivity index (χ1n) is 30.5. The van der Waals surface area contributed by atoms with E-state index in [-0.39, 0.29) is 6.04 Å². The lowest BCUT2D eigenvalue weighted by Gasteiger charge is -2.20.